The predicted octanol–water partition coefficient (Wildman–Crippen LogP) is 4.33. The number of anilines is 2. The minimum Gasteiger partial charge on any atom is -0.295 e. The number of fused-ring (bicyclic) bond motifs is 2. The van der Waals surface area contributed by atoms with Crippen LogP contribution in [0, 0.1) is 0 Å². The highest BCUT2D eigenvalue weighted by Gasteiger charge is 2.24. The van der Waals surface area contributed by atoms with Crippen molar-refractivity contribution in [2.24, 2.45) is 0 Å². The Balaban J connectivity index is 2.25. The van der Waals surface area contributed by atoms with E-state index in [2.05, 4.69) is 0 Å². The first kappa shape index (κ1) is 14.8. The number of carbonyl (C=O) groups is 2. The average Bonchev–Trinajstić information content (AvgIpc) is 2.62. The van der Waals surface area contributed by atoms with E-state index in [0.29, 0.717) is 10.6 Å². The van der Waals surface area contributed by atoms with Crippen molar-refractivity contribution in [1.82, 2.24) is 0 Å². The van der Waals surface area contributed by atoms with Crippen LogP contribution in [0.4, 0.5) is 11.4 Å². The molecular weight excluding hydrogens is 298 g/mol. The number of aryl methyl sites for hydroxylation is 2. The molecule has 0 N–H and O–H groups in total. The number of Topliss-reactive ketones (excluding diaryl/α,β-unsaturated/α-hetero) is 1. The fourth-order valence-corrected chi connectivity index (χ4v) is 3.06. The van der Waals surface area contributed by atoms with Crippen LogP contribution in [0.3, 0.4) is 0 Å². The summed E-state index contributed by atoms with van der Waals surface area (Å²) < 4.78 is 0. The molecule has 2 aromatic carbocycles. The maximum Gasteiger partial charge on any atom is 0.228 e. The van der Waals surface area contributed by atoms with Crippen LogP contribution in [-0.4, -0.2) is 11.7 Å². The minimum atomic E-state index is -0.0904. The third-order valence-electron chi connectivity index (χ3n) is 4.00. The van der Waals surface area contributed by atoms with Crippen LogP contribution >= 0.6 is 11.6 Å². The summed E-state index contributed by atoms with van der Waals surface area (Å²) in [5, 5.41) is 0.594. The molecule has 0 aromatic heterocycles. The summed E-state index contributed by atoms with van der Waals surface area (Å²) in [6.07, 6.45) is 1.66. The first-order valence-electron chi connectivity index (χ1n) is 7.20. The summed E-state index contributed by atoms with van der Waals surface area (Å²) in [6, 6.07) is 11.2. The molecule has 0 spiro atoms. The monoisotopic (exact) mass is 313 g/mol. The van der Waals surface area contributed by atoms with E-state index < -0.39 is 0 Å². The molecule has 0 fully saturated rings. The number of nitrogens with zero attached hydrogens (tertiary/aromatic N) is 1. The fourth-order valence-electron chi connectivity index (χ4n) is 2.90. The maximum absolute atomic E-state index is 12.3. The molecule has 0 saturated carbocycles. The Bertz CT molecular complexity index is 783. The van der Waals surface area contributed by atoms with E-state index in [9.17, 15) is 9.59 Å². The molecule has 1 aliphatic heterocycles. The van der Waals surface area contributed by atoms with Gasteiger partial charge in [-0.25, -0.2) is 0 Å². The van der Waals surface area contributed by atoms with Crippen molar-refractivity contribution in [3.8, 4) is 0 Å². The largest absolute Gasteiger partial charge is 0.295 e. The molecule has 3 nitrogen and oxygen atoms in total. The van der Waals surface area contributed by atoms with E-state index in [4.69, 9.17) is 11.6 Å². The van der Waals surface area contributed by atoms with Crippen LogP contribution in [0.2, 0.25) is 5.02 Å². The molecule has 2 aromatic rings. The Kier molecular flexibility index (Phi) is 3.75. The molecule has 0 unspecified atom stereocenters. The van der Waals surface area contributed by atoms with E-state index in [1.807, 2.05) is 30.3 Å². The SMILES string of the molecule is CC(=O)c1ccc2c(c1)N(C(C)=O)c1cc(Cl)ccc1CC2. The molecule has 1 heterocycles. The molecule has 0 radical (unpaired) electrons. The van der Waals surface area contributed by atoms with Gasteiger partial charge in [0.2, 0.25) is 5.91 Å². The van der Waals surface area contributed by atoms with Gasteiger partial charge in [-0.15, -0.1) is 0 Å². The quantitative estimate of drug-likeness (QED) is 0.735. The standard InChI is InChI=1S/C18H16ClNO2/c1-11(21)15-6-5-13-3-4-14-7-8-16(19)10-18(14)20(12(2)22)17(13)9-15/h5-10H,3-4H2,1-2H3. The summed E-state index contributed by atoms with van der Waals surface area (Å²) in [7, 11) is 0. The van der Waals surface area contributed by atoms with E-state index in [1.54, 1.807) is 11.0 Å². The van der Waals surface area contributed by atoms with Gasteiger partial charge in [0.25, 0.3) is 0 Å². The second-order valence-corrected chi connectivity index (χ2v) is 5.96. The highest BCUT2D eigenvalue weighted by atomic mass is 35.5. The zero-order valence-corrected chi connectivity index (χ0v) is 13.3. The molecule has 22 heavy (non-hydrogen) atoms. The van der Waals surface area contributed by atoms with Crippen molar-refractivity contribution in [1.29, 1.82) is 0 Å². The second-order valence-electron chi connectivity index (χ2n) is 5.53. The highest BCUT2D eigenvalue weighted by molar-refractivity contribution is 6.31. The Labute approximate surface area is 134 Å². The van der Waals surface area contributed by atoms with Gasteiger partial charge in [0.1, 0.15) is 0 Å². The van der Waals surface area contributed by atoms with Crippen molar-refractivity contribution < 1.29 is 9.59 Å². The van der Waals surface area contributed by atoms with Crippen LogP contribution in [0.25, 0.3) is 0 Å². The van der Waals surface area contributed by atoms with Crippen molar-refractivity contribution in [2.45, 2.75) is 26.7 Å². The van der Waals surface area contributed by atoms with E-state index >= 15 is 0 Å². The predicted molar refractivity (Wildman–Crippen MR) is 88.1 cm³/mol. The van der Waals surface area contributed by atoms with Crippen LogP contribution in [-0.2, 0) is 17.6 Å². The first-order valence-corrected chi connectivity index (χ1v) is 7.58. The van der Waals surface area contributed by atoms with E-state index in [-0.39, 0.29) is 11.7 Å². The molecule has 0 saturated heterocycles. The van der Waals surface area contributed by atoms with Gasteiger partial charge >= 0.3 is 0 Å². The Morgan fingerprint density at radius 1 is 0.955 bits per heavy atom. The smallest absolute Gasteiger partial charge is 0.228 e. The lowest BCUT2D eigenvalue weighted by molar-refractivity contribution is -0.115. The van der Waals surface area contributed by atoms with E-state index in [0.717, 1.165) is 35.3 Å². The first-order chi connectivity index (χ1) is 10.5. The van der Waals surface area contributed by atoms with Gasteiger partial charge in [-0.2, -0.15) is 0 Å². The number of benzene rings is 2. The number of hydrogen-bond donors (Lipinski definition) is 0. The summed E-state index contributed by atoms with van der Waals surface area (Å²) in [5.41, 5.74) is 4.34. The third-order valence-corrected chi connectivity index (χ3v) is 4.23. The fraction of sp³-hybridized carbons (Fsp3) is 0.222. The number of ketones is 1. The molecule has 0 atom stereocenters. The third kappa shape index (κ3) is 2.53. The lowest BCUT2D eigenvalue weighted by Gasteiger charge is -2.24. The minimum absolute atomic E-state index is 0.0122. The van der Waals surface area contributed by atoms with Crippen molar-refractivity contribution in [2.75, 3.05) is 4.90 Å². The van der Waals surface area contributed by atoms with Crippen LogP contribution < -0.4 is 4.90 Å². The van der Waals surface area contributed by atoms with E-state index in [1.165, 1.54) is 13.8 Å². The zero-order valence-electron chi connectivity index (χ0n) is 12.5. The summed E-state index contributed by atoms with van der Waals surface area (Å²) in [6.45, 7) is 3.06. The molecule has 3 rings (SSSR count). The zero-order chi connectivity index (χ0) is 15.9. The lowest BCUT2D eigenvalue weighted by atomic mass is 10.0. The highest BCUT2D eigenvalue weighted by Crippen LogP contribution is 2.38. The van der Waals surface area contributed by atoms with Crippen LogP contribution in [0.1, 0.15) is 35.3 Å². The molecule has 112 valence electrons. The van der Waals surface area contributed by atoms with Crippen molar-refractivity contribution in [3.63, 3.8) is 0 Å². The number of hydrogen-bond acceptors (Lipinski definition) is 2. The summed E-state index contributed by atoms with van der Waals surface area (Å²) in [5.74, 6) is -0.103. The maximum atomic E-state index is 12.3. The molecule has 0 aliphatic carbocycles. The van der Waals surface area contributed by atoms with Gasteiger partial charge in [0.05, 0.1) is 11.4 Å². The summed E-state index contributed by atoms with van der Waals surface area (Å²) >= 11 is 6.12. The molecule has 1 aliphatic rings. The molecular formula is C18H16ClNO2. The van der Waals surface area contributed by atoms with Gasteiger partial charge < -0.3 is 0 Å². The molecule has 4 heteroatoms. The van der Waals surface area contributed by atoms with Crippen LogP contribution in [0.5, 0.6) is 0 Å². The van der Waals surface area contributed by atoms with Gasteiger partial charge in [0.15, 0.2) is 5.78 Å². The second kappa shape index (κ2) is 5.58. The van der Waals surface area contributed by atoms with Crippen LogP contribution in [0.15, 0.2) is 36.4 Å². The Morgan fingerprint density at radius 2 is 1.55 bits per heavy atom. The number of halogens is 1. The van der Waals surface area contributed by atoms with Gasteiger partial charge in [-0.05, 0) is 49.1 Å². The van der Waals surface area contributed by atoms with Crippen molar-refractivity contribution >= 4 is 34.7 Å². The van der Waals surface area contributed by atoms with Gasteiger partial charge in [-0.1, -0.05) is 29.8 Å². The summed E-state index contributed by atoms with van der Waals surface area (Å²) in [4.78, 5) is 25.6. The normalized spacial score (nSPS) is 13.1. The van der Waals surface area contributed by atoms with Gasteiger partial charge in [-0.3, -0.25) is 14.5 Å². The number of amides is 1. The Morgan fingerprint density at radius 3 is 2.14 bits per heavy atom. The number of rotatable bonds is 1. The van der Waals surface area contributed by atoms with Gasteiger partial charge in [0, 0.05) is 17.5 Å². The Hall–Kier alpha value is -2.13. The molecule has 1 amide bonds. The number of carbonyl (C=O) groups excluding carboxylic acids is 2. The molecule has 0 bridgehead atoms. The average molecular weight is 314 g/mol. The van der Waals surface area contributed by atoms with Crippen molar-refractivity contribution in [3.05, 3.63) is 58.1 Å². The lowest BCUT2D eigenvalue weighted by Crippen LogP contribution is -2.24. The topological polar surface area (TPSA) is 37.4 Å².